The zero-order valence-electron chi connectivity index (χ0n) is 14.7. The van der Waals surface area contributed by atoms with Crippen molar-refractivity contribution in [3.8, 4) is 6.07 Å². The van der Waals surface area contributed by atoms with Crippen LogP contribution in [0.15, 0.2) is 12.2 Å². The summed E-state index contributed by atoms with van der Waals surface area (Å²) in [4.78, 5) is 22.4. The van der Waals surface area contributed by atoms with Crippen LogP contribution in [0.25, 0.3) is 0 Å². The standard InChI is InChI=1S/C18H24N4O3/c1-12-18(13(2)22(21-12)10-4-9-19)14-7-8-15(11-14)20-16(23)5-3-6-17(24)25/h7-8,14-15H,3-6,10-11H2,1-2H3,(H,20,23)(H,24,25)/t14-,15+/m0/s1. The van der Waals surface area contributed by atoms with Gasteiger partial charge in [-0.2, -0.15) is 10.4 Å². The maximum Gasteiger partial charge on any atom is 0.303 e. The second-order valence-electron chi connectivity index (χ2n) is 6.36. The average Bonchev–Trinajstić information content (AvgIpc) is 3.09. The summed E-state index contributed by atoms with van der Waals surface area (Å²) in [6.07, 6.45) is 5.87. The quantitative estimate of drug-likeness (QED) is 0.703. The Morgan fingerprint density at radius 3 is 2.84 bits per heavy atom. The molecule has 7 heteroatoms. The number of nitrogens with one attached hydrogen (secondary N) is 1. The number of carboxylic acids is 1. The molecule has 2 N–H and O–H groups in total. The Hall–Kier alpha value is -2.62. The Labute approximate surface area is 147 Å². The van der Waals surface area contributed by atoms with E-state index in [1.807, 2.05) is 24.6 Å². The van der Waals surface area contributed by atoms with Crippen molar-refractivity contribution in [3.63, 3.8) is 0 Å². The molecule has 0 saturated carbocycles. The highest BCUT2D eigenvalue weighted by molar-refractivity contribution is 5.77. The number of aryl methyl sites for hydroxylation is 2. The lowest BCUT2D eigenvalue weighted by atomic mass is 9.96. The lowest BCUT2D eigenvalue weighted by Gasteiger charge is -2.14. The van der Waals surface area contributed by atoms with Gasteiger partial charge in [-0.25, -0.2) is 0 Å². The van der Waals surface area contributed by atoms with Crippen LogP contribution in [0.2, 0.25) is 0 Å². The van der Waals surface area contributed by atoms with Gasteiger partial charge in [0, 0.05) is 36.1 Å². The van der Waals surface area contributed by atoms with Crippen LogP contribution >= 0.6 is 0 Å². The van der Waals surface area contributed by atoms with Crippen molar-refractivity contribution in [1.82, 2.24) is 15.1 Å². The fraction of sp³-hybridized carbons (Fsp3) is 0.556. The first-order valence-corrected chi connectivity index (χ1v) is 8.52. The summed E-state index contributed by atoms with van der Waals surface area (Å²) < 4.78 is 1.87. The number of aliphatic carboxylic acids is 1. The van der Waals surface area contributed by atoms with Crippen LogP contribution in [0, 0.1) is 25.2 Å². The van der Waals surface area contributed by atoms with Gasteiger partial charge in [-0.15, -0.1) is 0 Å². The molecule has 0 fully saturated rings. The van der Waals surface area contributed by atoms with Gasteiger partial charge in [0.1, 0.15) is 0 Å². The van der Waals surface area contributed by atoms with E-state index < -0.39 is 5.97 Å². The number of carbonyl (C=O) groups excluding carboxylic acids is 1. The maximum atomic E-state index is 11.9. The van der Waals surface area contributed by atoms with Crippen molar-refractivity contribution in [2.75, 3.05) is 0 Å². The highest BCUT2D eigenvalue weighted by Crippen LogP contribution is 2.33. The first-order chi connectivity index (χ1) is 11.9. The van der Waals surface area contributed by atoms with E-state index in [1.54, 1.807) is 0 Å². The Morgan fingerprint density at radius 1 is 1.40 bits per heavy atom. The predicted octanol–water partition coefficient (Wildman–Crippen LogP) is 2.20. The van der Waals surface area contributed by atoms with Crippen LogP contribution in [0.4, 0.5) is 0 Å². The van der Waals surface area contributed by atoms with Gasteiger partial charge < -0.3 is 10.4 Å². The third-order valence-corrected chi connectivity index (χ3v) is 4.47. The molecule has 0 spiro atoms. The number of amides is 1. The van der Waals surface area contributed by atoms with E-state index >= 15 is 0 Å². The zero-order valence-corrected chi connectivity index (χ0v) is 14.7. The molecule has 0 bridgehead atoms. The van der Waals surface area contributed by atoms with Crippen molar-refractivity contribution in [2.24, 2.45) is 0 Å². The number of rotatable bonds is 8. The summed E-state index contributed by atoms with van der Waals surface area (Å²) in [5.41, 5.74) is 3.19. The summed E-state index contributed by atoms with van der Waals surface area (Å²) in [5, 5.41) is 24.8. The minimum absolute atomic E-state index is 0.0107. The summed E-state index contributed by atoms with van der Waals surface area (Å²) >= 11 is 0. The average molecular weight is 344 g/mol. The van der Waals surface area contributed by atoms with Crippen molar-refractivity contribution < 1.29 is 14.7 Å². The molecule has 0 saturated heterocycles. The van der Waals surface area contributed by atoms with E-state index in [-0.39, 0.29) is 30.7 Å². The molecule has 1 aromatic heterocycles. The van der Waals surface area contributed by atoms with Crippen molar-refractivity contribution >= 4 is 11.9 Å². The summed E-state index contributed by atoms with van der Waals surface area (Å²) in [6, 6.07) is 2.10. The fourth-order valence-corrected chi connectivity index (χ4v) is 3.32. The topological polar surface area (TPSA) is 108 Å². The highest BCUT2D eigenvalue weighted by atomic mass is 16.4. The molecule has 1 amide bonds. The molecule has 2 atom stereocenters. The monoisotopic (exact) mass is 344 g/mol. The molecule has 0 radical (unpaired) electrons. The third-order valence-electron chi connectivity index (χ3n) is 4.47. The summed E-state index contributed by atoms with van der Waals surface area (Å²) in [7, 11) is 0. The van der Waals surface area contributed by atoms with Gasteiger partial charge in [-0.1, -0.05) is 12.2 Å². The minimum Gasteiger partial charge on any atom is -0.481 e. The van der Waals surface area contributed by atoms with E-state index in [0.29, 0.717) is 19.4 Å². The Bertz CT molecular complexity index is 715. The number of carboxylic acid groups (broad SMARTS) is 1. The number of carbonyl (C=O) groups is 2. The van der Waals surface area contributed by atoms with Gasteiger partial charge in [0.15, 0.2) is 0 Å². The molecule has 0 aromatic carbocycles. The Morgan fingerprint density at radius 2 is 2.16 bits per heavy atom. The van der Waals surface area contributed by atoms with Crippen molar-refractivity contribution in [1.29, 1.82) is 5.26 Å². The molecule has 0 aliphatic heterocycles. The van der Waals surface area contributed by atoms with Crippen molar-refractivity contribution in [2.45, 2.75) is 64.5 Å². The van der Waals surface area contributed by atoms with Crippen LogP contribution in [-0.4, -0.2) is 32.8 Å². The van der Waals surface area contributed by atoms with E-state index in [9.17, 15) is 9.59 Å². The number of nitriles is 1. The van der Waals surface area contributed by atoms with Crippen LogP contribution in [0.5, 0.6) is 0 Å². The lowest BCUT2D eigenvalue weighted by Crippen LogP contribution is -2.32. The number of hydrogen-bond donors (Lipinski definition) is 2. The van der Waals surface area contributed by atoms with Crippen LogP contribution in [0.1, 0.15) is 55.0 Å². The molecule has 7 nitrogen and oxygen atoms in total. The first kappa shape index (κ1) is 18.7. The van der Waals surface area contributed by atoms with E-state index in [2.05, 4.69) is 22.6 Å². The number of hydrogen-bond acceptors (Lipinski definition) is 4. The van der Waals surface area contributed by atoms with Gasteiger partial charge in [-0.3, -0.25) is 14.3 Å². The molecular formula is C18H24N4O3. The Balaban J connectivity index is 1.92. The van der Waals surface area contributed by atoms with E-state index in [0.717, 1.165) is 23.4 Å². The van der Waals surface area contributed by atoms with E-state index in [4.69, 9.17) is 10.4 Å². The zero-order chi connectivity index (χ0) is 18.4. The number of aromatic nitrogens is 2. The first-order valence-electron chi connectivity index (χ1n) is 8.52. The fourth-order valence-electron chi connectivity index (χ4n) is 3.32. The molecular weight excluding hydrogens is 320 g/mol. The second-order valence-corrected chi connectivity index (χ2v) is 6.36. The molecule has 134 valence electrons. The van der Waals surface area contributed by atoms with Crippen molar-refractivity contribution in [3.05, 3.63) is 29.1 Å². The SMILES string of the molecule is Cc1nn(CCC#N)c(C)c1[C@H]1C=C[C@@H](NC(=O)CCCC(=O)O)C1. The van der Waals surface area contributed by atoms with Crippen LogP contribution < -0.4 is 5.32 Å². The second kappa shape index (κ2) is 8.47. The molecule has 0 unspecified atom stereocenters. The lowest BCUT2D eigenvalue weighted by molar-refractivity contribution is -0.137. The van der Waals surface area contributed by atoms with Crippen LogP contribution in [0.3, 0.4) is 0 Å². The summed E-state index contributed by atoms with van der Waals surface area (Å²) in [6.45, 7) is 4.57. The molecule has 1 aliphatic rings. The molecule has 1 heterocycles. The number of allylic oxidation sites excluding steroid dienone is 1. The molecule has 1 aliphatic carbocycles. The third kappa shape index (κ3) is 4.92. The normalized spacial score (nSPS) is 18.9. The van der Waals surface area contributed by atoms with Gasteiger partial charge in [0.2, 0.25) is 5.91 Å². The van der Waals surface area contributed by atoms with Gasteiger partial charge in [0.25, 0.3) is 0 Å². The van der Waals surface area contributed by atoms with Crippen LogP contribution in [-0.2, 0) is 16.1 Å². The van der Waals surface area contributed by atoms with E-state index in [1.165, 1.54) is 0 Å². The molecule has 25 heavy (non-hydrogen) atoms. The van der Waals surface area contributed by atoms with Gasteiger partial charge in [-0.05, 0) is 26.7 Å². The smallest absolute Gasteiger partial charge is 0.303 e. The largest absolute Gasteiger partial charge is 0.481 e. The number of nitrogens with zero attached hydrogens (tertiary/aromatic N) is 3. The summed E-state index contributed by atoms with van der Waals surface area (Å²) in [5.74, 6) is -0.803. The minimum atomic E-state index is -0.881. The maximum absolute atomic E-state index is 11.9. The van der Waals surface area contributed by atoms with Gasteiger partial charge in [0.05, 0.1) is 24.7 Å². The predicted molar refractivity (Wildman–Crippen MR) is 91.8 cm³/mol. The molecule has 2 rings (SSSR count). The molecule has 1 aromatic rings. The highest BCUT2D eigenvalue weighted by Gasteiger charge is 2.26. The van der Waals surface area contributed by atoms with Gasteiger partial charge >= 0.3 is 5.97 Å². The Kier molecular flexibility index (Phi) is 6.34.